The number of para-hydroxylation sites is 4. The Morgan fingerprint density at radius 3 is 1.43 bits per heavy atom. The number of nitrogen functional groups attached to an aromatic ring is 2. The number of piperazine rings is 2. The molecule has 4 aliphatic heterocycles. The third-order valence-corrected chi connectivity index (χ3v) is 22.4. The average Bonchev–Trinajstić information content (AvgIpc) is 1.46. The minimum atomic E-state index is -4.22. The largest absolute Gasteiger partial charge is 0.495 e. The number of nitro benzene ring substituents is 2. The van der Waals surface area contributed by atoms with Crippen molar-refractivity contribution in [2.75, 3.05) is 132 Å². The smallest absolute Gasteiger partial charge is 0.289 e. The van der Waals surface area contributed by atoms with Gasteiger partial charge in [-0.25, -0.2) is 63.6 Å². The van der Waals surface area contributed by atoms with Gasteiger partial charge < -0.3 is 56.5 Å². The lowest BCUT2D eigenvalue weighted by molar-refractivity contribution is -0.388. The van der Waals surface area contributed by atoms with Crippen molar-refractivity contribution >= 4 is 194 Å². The van der Waals surface area contributed by atoms with Crippen molar-refractivity contribution in [3.8, 4) is 11.5 Å². The highest BCUT2D eigenvalue weighted by molar-refractivity contribution is 8.13. The summed E-state index contributed by atoms with van der Waals surface area (Å²) in [5.41, 5.74) is 15.3. The van der Waals surface area contributed by atoms with Crippen molar-refractivity contribution in [3.05, 3.63) is 205 Å². The van der Waals surface area contributed by atoms with Crippen molar-refractivity contribution < 1.29 is 53.0 Å². The zero-order chi connectivity index (χ0) is 79.8. The van der Waals surface area contributed by atoms with Gasteiger partial charge in [0.25, 0.3) is 50.5 Å². The molecule has 14 rings (SSSR count). The van der Waals surface area contributed by atoms with Gasteiger partial charge in [0.05, 0.1) is 77.3 Å². The normalized spacial score (nSPS) is 14.5. The van der Waals surface area contributed by atoms with Gasteiger partial charge in [0.1, 0.15) is 38.4 Å². The van der Waals surface area contributed by atoms with E-state index < -0.39 is 70.1 Å². The first-order chi connectivity index (χ1) is 52.1. The molecule has 4 aliphatic rings. The van der Waals surface area contributed by atoms with Crippen LogP contribution in [0.3, 0.4) is 0 Å². The first-order valence-electron chi connectivity index (χ1n) is 31.6. The Morgan fingerprint density at radius 1 is 0.500 bits per heavy atom. The van der Waals surface area contributed by atoms with Crippen LogP contribution >= 0.6 is 68.7 Å². The number of likely N-dealkylation sites (N-methyl/N-ethyl adjacent to an activating group) is 2. The summed E-state index contributed by atoms with van der Waals surface area (Å²) >= 11 is 27.7. The first kappa shape index (κ1) is 83.5. The van der Waals surface area contributed by atoms with Crippen molar-refractivity contribution in [2.45, 2.75) is 19.6 Å². The fraction of sp³-hybridized carbons (Fsp3) is 0.188. The van der Waals surface area contributed by atoms with Gasteiger partial charge in [-0.1, -0.05) is 71.7 Å². The number of hydrogen-bond donors (Lipinski definition) is 8. The van der Waals surface area contributed by atoms with Crippen LogP contribution < -0.4 is 60.9 Å². The number of anilines is 13. The molecule has 4 aromatic heterocycles. The Bertz CT molecular complexity index is 5520. The number of nitro groups is 2. The molecule has 110 heavy (non-hydrogen) atoms. The fourth-order valence-corrected chi connectivity index (χ4v) is 15.7. The molecule has 46 heteroatoms. The molecule has 10 N–H and O–H groups in total. The minimum Gasteiger partial charge on any atom is -0.495 e. The molecule has 8 heterocycles. The number of fused-ring (bicyclic) bond motifs is 4. The standard InChI is InChI=1S/C22H25N7O3S.C12H19N3O.C10H6Cl2N4O4S.C10H7ClN4O2S.C6H4ClNO4S.C4H3Cl2N3/c1-28-9-11-29(12-10-28)15-7-8-16(19(13-15)32-2)25-22-23-14-18-21(26-22)24-17-5-3-4-6-20(17)33(30,31)27-18;1-14-5-7-15(8-6-14)10-3-4-11(13)12(9-10)16-2;11-9-6(5-13-10(12)14-9)15-21(19,20)8-4-2-1-3-7(8)16(17)18;11-10-12-5-7-9(14-10)13-6-3-1-2-4-8(6)18(16,17)15-7;7-13(11,12)6-4-2-1-3-5(6)8(9)10;5-3-2(7)1-8-4(6)9-3/h3-8,13-14,27H,9-12H2,1-2H3,(H2,23,24,25,26);3-4,9H,5-8,13H2,1-2H3;1-5,15H;1-5,15H,(H,12,13,14);1-4H;1H,7H2. The van der Waals surface area contributed by atoms with Crippen LogP contribution in [-0.4, -0.2) is 174 Å². The van der Waals surface area contributed by atoms with Crippen LogP contribution in [0.15, 0.2) is 178 Å². The fourth-order valence-electron chi connectivity index (χ4n) is 10.1. The molecule has 6 aromatic carbocycles. The molecule has 0 atom stereocenters. The summed E-state index contributed by atoms with van der Waals surface area (Å²) in [5.74, 6) is 2.42. The third kappa shape index (κ3) is 22.1. The number of aromatic nitrogens is 8. The van der Waals surface area contributed by atoms with Crippen LogP contribution in [0.5, 0.6) is 11.5 Å². The zero-order valence-electron chi connectivity index (χ0n) is 57.7. The van der Waals surface area contributed by atoms with Crippen molar-refractivity contribution in [3.63, 3.8) is 0 Å². The number of methoxy groups -OCH3 is 2. The molecule has 2 fully saturated rings. The Hall–Kier alpha value is -10.5. The quantitative estimate of drug-likeness (QED) is 0.0141. The molecule has 36 nitrogen and oxygen atoms in total. The van der Waals surface area contributed by atoms with E-state index >= 15 is 0 Å². The van der Waals surface area contributed by atoms with Crippen molar-refractivity contribution in [1.82, 2.24) is 49.7 Å². The number of sulfonamides is 3. The number of hydrogen-bond acceptors (Lipinski definition) is 31. The zero-order valence-corrected chi connectivity index (χ0v) is 65.5. The number of nitrogens with two attached hydrogens (primary N) is 2. The Balaban J connectivity index is 0.000000159. The van der Waals surface area contributed by atoms with Crippen LogP contribution in [0, 0.1) is 20.2 Å². The summed E-state index contributed by atoms with van der Waals surface area (Å²) in [6, 6.07) is 35.0. The van der Waals surface area contributed by atoms with E-state index in [1.165, 1.54) is 60.7 Å². The van der Waals surface area contributed by atoms with Crippen LogP contribution in [0.2, 0.25) is 26.2 Å². The third-order valence-electron chi connectivity index (χ3n) is 15.7. The summed E-state index contributed by atoms with van der Waals surface area (Å²) < 4.78 is 113. The highest BCUT2D eigenvalue weighted by atomic mass is 35.7. The molecule has 580 valence electrons. The van der Waals surface area contributed by atoms with E-state index in [4.69, 9.17) is 89.6 Å². The van der Waals surface area contributed by atoms with Crippen LogP contribution in [-0.2, 0) is 39.1 Å². The number of halogens is 6. The SMILES string of the molecule is COc1cc(N2CCN(C)CC2)ccc1N.COc1cc(N2CCN(C)CC2)ccc1Nc1ncc2c(n1)Nc1ccccc1S(=O)(=O)N2.Nc1cnc(Cl)nc1Cl.O=S1(=O)Nc2cnc(Cl)nc2Nc2ccccc21.O=[N+]([O-])c1ccccc1S(=O)(=O)Cl.O=[N+]([O-])c1ccccc1S(=O)(=O)Nc1cnc(Cl)nc1Cl. The molecule has 0 unspecified atom stereocenters. The molecular formula is C64H64Cl6N22O14S4. The summed E-state index contributed by atoms with van der Waals surface area (Å²) in [6.07, 6.45) is 5.18. The summed E-state index contributed by atoms with van der Waals surface area (Å²) in [6.45, 7) is 8.29. The van der Waals surface area contributed by atoms with E-state index in [0.717, 1.165) is 94.3 Å². The van der Waals surface area contributed by atoms with Gasteiger partial charge in [0, 0.05) is 98.7 Å². The number of benzene rings is 6. The van der Waals surface area contributed by atoms with E-state index in [1.54, 1.807) is 50.6 Å². The molecule has 0 bridgehead atoms. The van der Waals surface area contributed by atoms with E-state index in [1.807, 2.05) is 30.3 Å². The molecule has 0 saturated carbocycles. The molecule has 0 aliphatic carbocycles. The topological polar surface area (TPSA) is 482 Å². The molecule has 2 saturated heterocycles. The molecule has 0 spiro atoms. The minimum absolute atomic E-state index is 0.0415. The maximum Gasteiger partial charge on any atom is 0.289 e. The number of nitrogens with one attached hydrogen (secondary N) is 6. The predicted molar refractivity (Wildman–Crippen MR) is 422 cm³/mol. The highest BCUT2D eigenvalue weighted by Gasteiger charge is 2.30. The Morgan fingerprint density at radius 2 is 0.936 bits per heavy atom. The second-order valence-electron chi connectivity index (χ2n) is 23.0. The second kappa shape index (κ2) is 36.8. The number of rotatable bonds is 12. The molecular weight excluding hydrogens is 1640 g/mol. The number of nitrogens with zero attached hydrogens (tertiary/aromatic N) is 14. The van der Waals surface area contributed by atoms with Crippen LogP contribution in [0.1, 0.15) is 0 Å². The van der Waals surface area contributed by atoms with Gasteiger partial charge in [-0.15, -0.1) is 0 Å². The van der Waals surface area contributed by atoms with Gasteiger partial charge >= 0.3 is 0 Å². The lowest BCUT2D eigenvalue weighted by atomic mass is 10.2. The van der Waals surface area contributed by atoms with E-state index in [9.17, 15) is 53.9 Å². The molecule has 0 radical (unpaired) electrons. The lowest BCUT2D eigenvalue weighted by Gasteiger charge is -2.34. The van der Waals surface area contributed by atoms with Gasteiger partial charge in [-0.3, -0.25) is 34.4 Å². The van der Waals surface area contributed by atoms with Crippen LogP contribution in [0.25, 0.3) is 0 Å². The maximum atomic E-state index is 12.7. The highest BCUT2D eigenvalue weighted by Crippen LogP contribution is 2.39. The van der Waals surface area contributed by atoms with Gasteiger partial charge in [-0.2, -0.15) is 9.97 Å². The van der Waals surface area contributed by atoms with E-state index in [-0.39, 0.29) is 53.0 Å². The van der Waals surface area contributed by atoms with Crippen LogP contribution in [0.4, 0.5) is 85.8 Å². The summed E-state index contributed by atoms with van der Waals surface area (Å²) in [4.78, 5) is 59.1. The van der Waals surface area contributed by atoms with Gasteiger partial charge in [-0.05, 0) is 110 Å². The maximum absolute atomic E-state index is 12.7. The van der Waals surface area contributed by atoms with Crippen molar-refractivity contribution in [1.29, 1.82) is 0 Å². The van der Waals surface area contributed by atoms with Gasteiger partial charge in [0.2, 0.25) is 21.8 Å². The monoisotopic (exact) mass is 1700 g/mol. The summed E-state index contributed by atoms with van der Waals surface area (Å²) in [5, 5.41) is 30.4. The average molecular weight is 1710 g/mol. The molecule has 0 amide bonds. The first-order valence-corrected chi connectivity index (χ1v) is 40.3. The number of ether oxygens (including phenoxy) is 2. The summed E-state index contributed by atoms with van der Waals surface area (Å²) in [7, 11) is -3.11. The van der Waals surface area contributed by atoms with Gasteiger partial charge in [0.15, 0.2) is 31.7 Å². The van der Waals surface area contributed by atoms with Crippen molar-refractivity contribution in [2.24, 2.45) is 0 Å². The van der Waals surface area contributed by atoms with E-state index in [0.29, 0.717) is 51.8 Å². The Kier molecular flexibility index (Phi) is 28.0. The second-order valence-corrected chi connectivity index (χ2v) is 32.3. The lowest BCUT2D eigenvalue weighted by Crippen LogP contribution is -2.44. The Labute approximate surface area is 659 Å². The van der Waals surface area contributed by atoms with E-state index in [2.05, 4.69) is 110 Å². The molecule has 10 aromatic rings. The predicted octanol–water partition coefficient (Wildman–Crippen LogP) is 11.2.